The molecule has 6 nitrogen and oxygen atoms in total. The molecular formula is C23H22F4N4O2S. The fraction of sp³-hybridized carbons (Fsp3) is 0.304. The van der Waals surface area contributed by atoms with Crippen molar-refractivity contribution in [3.8, 4) is 10.6 Å². The van der Waals surface area contributed by atoms with Gasteiger partial charge in [-0.1, -0.05) is 43.4 Å². The lowest BCUT2D eigenvalue weighted by Crippen LogP contribution is -2.36. The number of carbonyl (C=O) groups excluding carboxylic acids is 2. The fourth-order valence-electron chi connectivity index (χ4n) is 3.13. The summed E-state index contributed by atoms with van der Waals surface area (Å²) in [4.78, 5) is 26.7. The van der Waals surface area contributed by atoms with Crippen LogP contribution in [0.5, 0.6) is 0 Å². The van der Waals surface area contributed by atoms with E-state index in [1.54, 1.807) is 0 Å². The molecule has 0 spiro atoms. The zero-order chi connectivity index (χ0) is 24.9. The molecule has 180 valence electrons. The van der Waals surface area contributed by atoms with Crippen molar-refractivity contribution in [2.75, 3.05) is 18.4 Å². The highest BCUT2D eigenvalue weighted by Gasteiger charge is 2.30. The predicted molar refractivity (Wildman–Crippen MR) is 121 cm³/mol. The zero-order valence-electron chi connectivity index (χ0n) is 18.4. The molecule has 3 rings (SSSR count). The van der Waals surface area contributed by atoms with E-state index in [9.17, 15) is 27.2 Å². The number of rotatable bonds is 8. The molecule has 0 fully saturated rings. The highest BCUT2D eigenvalue weighted by molar-refractivity contribution is 7.18. The van der Waals surface area contributed by atoms with Crippen LogP contribution in [0.15, 0.2) is 48.5 Å². The molecule has 0 aliphatic heterocycles. The van der Waals surface area contributed by atoms with E-state index in [4.69, 9.17) is 0 Å². The van der Waals surface area contributed by atoms with Crippen molar-refractivity contribution in [1.82, 2.24) is 15.1 Å². The number of nitrogens with one attached hydrogen (secondary N) is 1. The van der Waals surface area contributed by atoms with Gasteiger partial charge in [0, 0.05) is 30.6 Å². The van der Waals surface area contributed by atoms with Crippen LogP contribution >= 0.6 is 11.3 Å². The lowest BCUT2D eigenvalue weighted by Gasteiger charge is -2.24. The first kappa shape index (κ1) is 25.3. The third-order valence-electron chi connectivity index (χ3n) is 4.68. The quantitative estimate of drug-likeness (QED) is 0.420. The molecule has 0 radical (unpaired) electrons. The summed E-state index contributed by atoms with van der Waals surface area (Å²) in [7, 11) is 0. The summed E-state index contributed by atoms with van der Waals surface area (Å²) in [5, 5.41) is 10.9. The fourth-order valence-corrected chi connectivity index (χ4v) is 3.90. The molecular weight excluding hydrogens is 472 g/mol. The van der Waals surface area contributed by atoms with E-state index in [0.717, 1.165) is 29.5 Å². The lowest BCUT2D eigenvalue weighted by molar-refractivity contribution is -0.137. The average Bonchev–Trinajstić information content (AvgIpc) is 3.23. The van der Waals surface area contributed by atoms with Crippen LogP contribution in [0.25, 0.3) is 10.6 Å². The van der Waals surface area contributed by atoms with Gasteiger partial charge in [-0.15, -0.1) is 10.2 Å². The second kappa shape index (κ2) is 10.7. The van der Waals surface area contributed by atoms with E-state index in [1.165, 1.54) is 35.2 Å². The lowest BCUT2D eigenvalue weighted by atomic mass is 10.1. The van der Waals surface area contributed by atoms with E-state index in [1.807, 2.05) is 13.8 Å². The Kier molecular flexibility index (Phi) is 7.98. The minimum atomic E-state index is -4.43. The molecule has 0 saturated heterocycles. The van der Waals surface area contributed by atoms with Crippen LogP contribution in [0.3, 0.4) is 0 Å². The number of hydrogen-bond donors (Lipinski definition) is 1. The molecule has 0 atom stereocenters. The first-order valence-corrected chi connectivity index (χ1v) is 11.2. The summed E-state index contributed by atoms with van der Waals surface area (Å²) in [6.07, 6.45) is -4.46. The highest BCUT2D eigenvalue weighted by Crippen LogP contribution is 2.32. The normalized spacial score (nSPS) is 11.5. The second-order valence-electron chi connectivity index (χ2n) is 7.94. The van der Waals surface area contributed by atoms with Crippen LogP contribution in [0.4, 0.5) is 22.7 Å². The maximum atomic E-state index is 13.5. The van der Waals surface area contributed by atoms with Crippen LogP contribution in [-0.4, -0.2) is 40.0 Å². The zero-order valence-corrected chi connectivity index (χ0v) is 19.2. The molecule has 1 aromatic heterocycles. The molecule has 2 aromatic carbocycles. The van der Waals surface area contributed by atoms with Crippen LogP contribution in [-0.2, 0) is 11.0 Å². The minimum absolute atomic E-state index is 0.0248. The molecule has 34 heavy (non-hydrogen) atoms. The van der Waals surface area contributed by atoms with Gasteiger partial charge in [-0.25, -0.2) is 4.39 Å². The van der Waals surface area contributed by atoms with Gasteiger partial charge in [0.15, 0.2) is 0 Å². The van der Waals surface area contributed by atoms with Crippen molar-refractivity contribution < 1.29 is 27.2 Å². The van der Waals surface area contributed by atoms with Gasteiger partial charge >= 0.3 is 6.18 Å². The number of amides is 2. The summed E-state index contributed by atoms with van der Waals surface area (Å²) in [6.45, 7) is 4.36. The van der Waals surface area contributed by atoms with Gasteiger partial charge in [0.25, 0.3) is 5.91 Å². The Hall–Kier alpha value is -3.34. The topological polar surface area (TPSA) is 75.2 Å². The van der Waals surface area contributed by atoms with E-state index >= 15 is 0 Å². The third kappa shape index (κ3) is 6.83. The van der Waals surface area contributed by atoms with Crippen LogP contribution in [0, 0.1) is 11.7 Å². The van der Waals surface area contributed by atoms with Gasteiger partial charge in [0.05, 0.1) is 5.56 Å². The number of anilines is 1. The summed E-state index contributed by atoms with van der Waals surface area (Å²) in [6, 6.07) is 9.85. The number of hydrogen-bond acceptors (Lipinski definition) is 5. The molecule has 0 aliphatic carbocycles. The second-order valence-corrected chi connectivity index (χ2v) is 8.92. The molecule has 3 aromatic rings. The summed E-state index contributed by atoms with van der Waals surface area (Å²) in [5.74, 6) is -1.17. The Labute approximate surface area is 197 Å². The molecule has 1 heterocycles. The van der Waals surface area contributed by atoms with E-state index in [2.05, 4.69) is 15.5 Å². The number of carbonyl (C=O) groups is 2. The van der Waals surface area contributed by atoms with Gasteiger partial charge in [-0.2, -0.15) is 13.2 Å². The number of aromatic nitrogens is 2. The third-order valence-corrected chi connectivity index (χ3v) is 5.57. The Bertz CT molecular complexity index is 1150. The van der Waals surface area contributed by atoms with Crippen molar-refractivity contribution in [2.24, 2.45) is 5.92 Å². The smallest absolute Gasteiger partial charge is 0.338 e. The molecule has 11 heteroatoms. The van der Waals surface area contributed by atoms with Crippen LogP contribution in [0.1, 0.15) is 36.2 Å². The number of benzene rings is 2. The van der Waals surface area contributed by atoms with E-state index in [0.29, 0.717) is 17.1 Å². The van der Waals surface area contributed by atoms with Gasteiger partial charge in [0.1, 0.15) is 10.8 Å². The molecule has 0 saturated carbocycles. The molecule has 0 unspecified atom stereocenters. The Morgan fingerprint density at radius 2 is 1.79 bits per heavy atom. The molecule has 1 N–H and O–H groups in total. The van der Waals surface area contributed by atoms with Crippen molar-refractivity contribution in [3.63, 3.8) is 0 Å². The van der Waals surface area contributed by atoms with Crippen LogP contribution in [0.2, 0.25) is 0 Å². The molecule has 2 amide bonds. The predicted octanol–water partition coefficient (Wildman–Crippen LogP) is 5.49. The number of halogens is 4. The average molecular weight is 495 g/mol. The van der Waals surface area contributed by atoms with Crippen molar-refractivity contribution in [2.45, 2.75) is 26.4 Å². The first-order chi connectivity index (χ1) is 16.0. The van der Waals surface area contributed by atoms with Gasteiger partial charge in [-0.05, 0) is 36.2 Å². The monoisotopic (exact) mass is 494 g/mol. The van der Waals surface area contributed by atoms with Crippen LogP contribution < -0.4 is 5.32 Å². The van der Waals surface area contributed by atoms with Crippen molar-refractivity contribution in [1.29, 1.82) is 0 Å². The van der Waals surface area contributed by atoms with Gasteiger partial charge in [0.2, 0.25) is 11.0 Å². The van der Waals surface area contributed by atoms with E-state index in [-0.39, 0.29) is 35.5 Å². The maximum Gasteiger partial charge on any atom is 0.416 e. The highest BCUT2D eigenvalue weighted by atomic mass is 32.1. The van der Waals surface area contributed by atoms with Gasteiger partial charge < -0.3 is 10.2 Å². The molecule has 0 bridgehead atoms. The first-order valence-electron chi connectivity index (χ1n) is 10.4. The van der Waals surface area contributed by atoms with Crippen molar-refractivity contribution in [3.05, 3.63) is 65.5 Å². The van der Waals surface area contributed by atoms with E-state index < -0.39 is 23.5 Å². The standard InChI is InChI=1S/C23H22F4N4O2S/c1-14(2)13-31(21(33)16-4-3-5-18(24)12-16)11-10-19(32)28-22-30-29-20(34-22)15-6-8-17(9-7-15)23(25,26)27/h3-9,12,14H,10-11,13H2,1-2H3,(H,28,30,32). The number of alkyl halides is 3. The summed E-state index contributed by atoms with van der Waals surface area (Å²) in [5.41, 5.74) is -0.130. The van der Waals surface area contributed by atoms with Crippen molar-refractivity contribution >= 4 is 28.3 Å². The number of nitrogens with zero attached hydrogens (tertiary/aromatic N) is 3. The summed E-state index contributed by atoms with van der Waals surface area (Å²) < 4.78 is 51.7. The molecule has 0 aliphatic rings. The Morgan fingerprint density at radius 3 is 2.41 bits per heavy atom. The summed E-state index contributed by atoms with van der Waals surface area (Å²) >= 11 is 1.02. The van der Waals surface area contributed by atoms with Gasteiger partial charge in [-0.3, -0.25) is 9.59 Å². The maximum absolute atomic E-state index is 13.5. The SMILES string of the molecule is CC(C)CN(CCC(=O)Nc1nnc(-c2ccc(C(F)(F)F)cc2)s1)C(=O)c1cccc(F)c1. The Morgan fingerprint density at radius 1 is 1.09 bits per heavy atom. The Balaban J connectivity index is 1.61. The minimum Gasteiger partial charge on any atom is -0.338 e. The largest absolute Gasteiger partial charge is 0.416 e.